The number of nitrogens with zero attached hydrogens (tertiary/aromatic N) is 3. The van der Waals surface area contributed by atoms with Crippen LogP contribution in [0.4, 0.5) is 13.2 Å². The van der Waals surface area contributed by atoms with Crippen LogP contribution in [-0.4, -0.2) is 38.9 Å². The highest BCUT2D eigenvalue weighted by Crippen LogP contribution is 2.27. The predicted molar refractivity (Wildman–Crippen MR) is 56.4 cm³/mol. The minimum Gasteiger partial charge on any atom is -0.354 e. The van der Waals surface area contributed by atoms with E-state index in [1.54, 1.807) is 7.05 Å². The molecule has 1 heterocycles. The highest BCUT2D eigenvalue weighted by atomic mass is 19.4. The van der Waals surface area contributed by atoms with E-state index in [0.717, 1.165) is 0 Å². The Bertz CT molecular complexity index is 426. The van der Waals surface area contributed by atoms with Gasteiger partial charge in [0.25, 0.3) is 0 Å². The fourth-order valence-corrected chi connectivity index (χ4v) is 1.10. The summed E-state index contributed by atoms with van der Waals surface area (Å²) < 4.78 is 38.7. The number of alkyl halides is 3. The van der Waals surface area contributed by atoms with Crippen molar-refractivity contribution >= 4 is 5.91 Å². The zero-order valence-electron chi connectivity index (χ0n) is 9.95. The van der Waals surface area contributed by atoms with Crippen molar-refractivity contribution in [2.75, 3.05) is 6.54 Å². The number of carbonyl (C=O) groups is 1. The Morgan fingerprint density at radius 1 is 1.56 bits per heavy atom. The number of hydrogen-bond donors (Lipinski definition) is 2. The lowest BCUT2D eigenvalue weighted by Crippen LogP contribution is -2.61. The summed E-state index contributed by atoms with van der Waals surface area (Å²) in [6.45, 7) is 0.618. The molecule has 1 rings (SSSR count). The molecule has 9 heteroatoms. The molecule has 0 saturated heterocycles. The third kappa shape index (κ3) is 3.19. The quantitative estimate of drug-likeness (QED) is 0.786. The number of nitrogens with one attached hydrogen (secondary N) is 1. The molecule has 3 N–H and O–H groups in total. The van der Waals surface area contributed by atoms with E-state index in [1.165, 1.54) is 11.0 Å². The van der Waals surface area contributed by atoms with Gasteiger partial charge in [-0.3, -0.25) is 9.48 Å². The van der Waals surface area contributed by atoms with E-state index >= 15 is 0 Å². The van der Waals surface area contributed by atoms with Gasteiger partial charge in [-0.2, -0.15) is 18.3 Å². The minimum atomic E-state index is -4.79. The topological polar surface area (TPSA) is 85.8 Å². The van der Waals surface area contributed by atoms with Gasteiger partial charge in [-0.05, 0) is 6.92 Å². The van der Waals surface area contributed by atoms with Gasteiger partial charge in [-0.25, -0.2) is 4.98 Å². The molecule has 6 nitrogen and oxygen atoms in total. The van der Waals surface area contributed by atoms with Crippen LogP contribution in [0.15, 0.2) is 6.33 Å². The summed E-state index contributed by atoms with van der Waals surface area (Å²) in [5.41, 5.74) is 2.05. The average Bonchev–Trinajstić information content (AvgIpc) is 2.62. The fourth-order valence-electron chi connectivity index (χ4n) is 1.10. The number of halogens is 3. The lowest BCUT2D eigenvalue weighted by molar-refractivity contribution is -0.187. The van der Waals surface area contributed by atoms with Crippen LogP contribution in [0.5, 0.6) is 0 Å². The normalized spacial score (nSPS) is 15.2. The third-order valence-electron chi connectivity index (χ3n) is 2.34. The zero-order valence-corrected chi connectivity index (χ0v) is 9.95. The first-order chi connectivity index (χ1) is 8.14. The van der Waals surface area contributed by atoms with E-state index in [0.29, 0.717) is 12.7 Å². The van der Waals surface area contributed by atoms with Crippen LogP contribution in [0.3, 0.4) is 0 Å². The van der Waals surface area contributed by atoms with Crippen molar-refractivity contribution in [3.8, 4) is 0 Å². The number of aryl methyl sites for hydroxylation is 1. The summed E-state index contributed by atoms with van der Waals surface area (Å²) in [6, 6.07) is 0. The van der Waals surface area contributed by atoms with Crippen LogP contribution in [0, 0.1) is 0 Å². The lowest BCUT2D eigenvalue weighted by Gasteiger charge is -2.25. The fraction of sp³-hybridized carbons (Fsp3) is 0.667. The van der Waals surface area contributed by atoms with E-state index in [1.807, 2.05) is 0 Å². The Morgan fingerprint density at radius 2 is 2.17 bits per heavy atom. The number of rotatable bonds is 4. The molecule has 0 aliphatic heterocycles. The van der Waals surface area contributed by atoms with Crippen LogP contribution in [-0.2, 0) is 18.3 Å². The Kier molecular flexibility index (Phi) is 3.95. The predicted octanol–water partition coefficient (Wildman–Crippen LogP) is -0.247. The SMILES string of the molecule is Cn1cnc(CCNC(=O)C(C)(N)C(F)(F)F)n1. The molecular formula is C9H14F3N5O. The average molecular weight is 265 g/mol. The summed E-state index contributed by atoms with van der Waals surface area (Å²) in [5, 5.41) is 6.03. The summed E-state index contributed by atoms with van der Waals surface area (Å²) in [4.78, 5) is 15.2. The number of hydrogen-bond acceptors (Lipinski definition) is 4. The molecule has 18 heavy (non-hydrogen) atoms. The maximum Gasteiger partial charge on any atom is 0.415 e. The van der Waals surface area contributed by atoms with Crippen LogP contribution in [0.1, 0.15) is 12.7 Å². The van der Waals surface area contributed by atoms with E-state index in [-0.39, 0.29) is 13.0 Å². The van der Waals surface area contributed by atoms with E-state index in [4.69, 9.17) is 5.73 Å². The molecule has 102 valence electrons. The second-order valence-electron chi connectivity index (χ2n) is 4.04. The van der Waals surface area contributed by atoms with Crippen molar-refractivity contribution in [2.24, 2.45) is 12.8 Å². The minimum absolute atomic E-state index is 0.00822. The second-order valence-corrected chi connectivity index (χ2v) is 4.04. The van der Waals surface area contributed by atoms with Gasteiger partial charge in [0.05, 0.1) is 0 Å². The molecule has 1 unspecified atom stereocenters. The van der Waals surface area contributed by atoms with Crippen molar-refractivity contribution in [1.82, 2.24) is 20.1 Å². The molecule has 0 aliphatic carbocycles. The first kappa shape index (κ1) is 14.4. The van der Waals surface area contributed by atoms with Crippen molar-refractivity contribution in [3.63, 3.8) is 0 Å². The van der Waals surface area contributed by atoms with E-state index in [2.05, 4.69) is 15.4 Å². The van der Waals surface area contributed by atoms with E-state index in [9.17, 15) is 18.0 Å². The van der Waals surface area contributed by atoms with Crippen molar-refractivity contribution in [1.29, 1.82) is 0 Å². The van der Waals surface area contributed by atoms with Gasteiger partial charge in [-0.15, -0.1) is 0 Å². The third-order valence-corrected chi connectivity index (χ3v) is 2.34. The van der Waals surface area contributed by atoms with Gasteiger partial charge in [0.1, 0.15) is 6.33 Å². The first-order valence-corrected chi connectivity index (χ1v) is 5.13. The lowest BCUT2D eigenvalue weighted by atomic mass is 10.0. The van der Waals surface area contributed by atoms with Gasteiger partial charge in [0, 0.05) is 20.0 Å². The maximum atomic E-state index is 12.4. The van der Waals surface area contributed by atoms with Crippen LogP contribution in [0.25, 0.3) is 0 Å². The second kappa shape index (κ2) is 4.92. The Labute approximate surface area is 101 Å². The molecule has 0 bridgehead atoms. The van der Waals surface area contributed by atoms with Crippen LogP contribution in [0.2, 0.25) is 0 Å². The van der Waals surface area contributed by atoms with Crippen molar-refractivity contribution in [3.05, 3.63) is 12.2 Å². The van der Waals surface area contributed by atoms with Crippen LogP contribution >= 0.6 is 0 Å². The summed E-state index contributed by atoms with van der Waals surface area (Å²) in [5.74, 6) is -0.838. The van der Waals surface area contributed by atoms with Crippen LogP contribution < -0.4 is 11.1 Å². The van der Waals surface area contributed by atoms with Gasteiger partial charge in [-0.1, -0.05) is 0 Å². The van der Waals surface area contributed by atoms with Gasteiger partial charge < -0.3 is 11.1 Å². The number of amides is 1. The Balaban J connectivity index is 2.47. The summed E-state index contributed by atoms with van der Waals surface area (Å²) in [7, 11) is 1.66. The molecular weight excluding hydrogens is 251 g/mol. The molecule has 0 aromatic carbocycles. The molecule has 1 amide bonds. The Hall–Kier alpha value is -1.64. The highest BCUT2D eigenvalue weighted by Gasteiger charge is 2.53. The molecule has 0 spiro atoms. The van der Waals surface area contributed by atoms with Gasteiger partial charge in [0.2, 0.25) is 5.91 Å². The van der Waals surface area contributed by atoms with Gasteiger partial charge >= 0.3 is 6.18 Å². The highest BCUT2D eigenvalue weighted by molar-refractivity contribution is 5.86. The molecule has 1 aromatic rings. The number of aromatic nitrogens is 3. The molecule has 1 atom stereocenters. The van der Waals surface area contributed by atoms with Crippen molar-refractivity contribution in [2.45, 2.75) is 25.1 Å². The molecule has 0 aliphatic rings. The smallest absolute Gasteiger partial charge is 0.354 e. The largest absolute Gasteiger partial charge is 0.415 e. The molecule has 1 aromatic heterocycles. The molecule has 0 radical (unpaired) electrons. The maximum absolute atomic E-state index is 12.4. The molecule has 0 fully saturated rings. The van der Waals surface area contributed by atoms with Gasteiger partial charge in [0.15, 0.2) is 11.4 Å². The van der Waals surface area contributed by atoms with E-state index < -0.39 is 17.6 Å². The first-order valence-electron chi connectivity index (χ1n) is 5.13. The molecule has 0 saturated carbocycles. The van der Waals surface area contributed by atoms with Crippen molar-refractivity contribution < 1.29 is 18.0 Å². The zero-order chi connectivity index (χ0) is 14.0. The number of carbonyl (C=O) groups excluding carboxylic acids is 1. The Morgan fingerprint density at radius 3 is 2.61 bits per heavy atom. The standard InChI is InChI=1S/C9H14F3N5O/c1-8(13,9(10,11)12)7(18)14-4-3-6-15-5-17(2)16-6/h5H,3-4,13H2,1-2H3,(H,14,18). The number of nitrogens with two attached hydrogens (primary N) is 1. The monoisotopic (exact) mass is 265 g/mol. The summed E-state index contributed by atoms with van der Waals surface area (Å²) in [6.07, 6.45) is -3.10. The summed E-state index contributed by atoms with van der Waals surface area (Å²) >= 11 is 0.